The van der Waals surface area contributed by atoms with Crippen LogP contribution in [0.3, 0.4) is 0 Å². The molecule has 0 fully saturated rings. The van der Waals surface area contributed by atoms with Gasteiger partial charge in [0.15, 0.2) is 0 Å². The van der Waals surface area contributed by atoms with E-state index in [1.165, 1.54) is 5.56 Å². The highest BCUT2D eigenvalue weighted by Gasteiger charge is 2.09. The third kappa shape index (κ3) is 3.74. The number of rotatable bonds is 4. The van der Waals surface area contributed by atoms with Crippen LogP contribution in [0, 0.1) is 11.3 Å². The molecular weight excluding hydrogens is 226 g/mol. The number of nitriles is 1. The molecule has 18 heavy (non-hydrogen) atoms. The van der Waals surface area contributed by atoms with Crippen LogP contribution in [0.5, 0.6) is 0 Å². The van der Waals surface area contributed by atoms with E-state index in [1.807, 2.05) is 30.3 Å². The van der Waals surface area contributed by atoms with Gasteiger partial charge in [-0.1, -0.05) is 38.1 Å². The minimum Gasteiger partial charge on any atom is -0.462 e. The van der Waals surface area contributed by atoms with Crippen molar-refractivity contribution in [2.45, 2.75) is 26.7 Å². The molecule has 0 bridgehead atoms. The van der Waals surface area contributed by atoms with Gasteiger partial charge in [0, 0.05) is 0 Å². The highest BCUT2D eigenvalue weighted by atomic mass is 16.5. The molecule has 94 valence electrons. The zero-order chi connectivity index (χ0) is 13.5. The van der Waals surface area contributed by atoms with Gasteiger partial charge in [0.25, 0.3) is 0 Å². The third-order valence-corrected chi connectivity index (χ3v) is 2.53. The molecule has 0 aliphatic carbocycles. The predicted molar refractivity (Wildman–Crippen MR) is 70.8 cm³/mol. The molecule has 0 saturated carbocycles. The average Bonchev–Trinajstić information content (AvgIpc) is 2.36. The largest absolute Gasteiger partial charge is 0.462 e. The lowest BCUT2D eigenvalue weighted by Gasteiger charge is -2.05. The van der Waals surface area contributed by atoms with E-state index in [-0.39, 0.29) is 12.2 Å². The van der Waals surface area contributed by atoms with Gasteiger partial charge in [-0.25, -0.2) is 4.79 Å². The summed E-state index contributed by atoms with van der Waals surface area (Å²) in [7, 11) is 0. The smallest absolute Gasteiger partial charge is 0.348 e. The fourth-order valence-corrected chi connectivity index (χ4v) is 1.49. The number of hydrogen-bond donors (Lipinski definition) is 0. The lowest BCUT2D eigenvalue weighted by atomic mass is 10.0. The number of ether oxygens (including phenoxy) is 1. The molecule has 0 heterocycles. The Bertz CT molecular complexity index is 478. The Kier molecular flexibility index (Phi) is 5.13. The summed E-state index contributed by atoms with van der Waals surface area (Å²) in [5, 5.41) is 8.91. The Hall–Kier alpha value is -2.08. The molecule has 0 N–H and O–H groups in total. The Balaban J connectivity index is 2.93. The van der Waals surface area contributed by atoms with Crippen LogP contribution in [-0.2, 0) is 9.53 Å². The van der Waals surface area contributed by atoms with E-state index in [4.69, 9.17) is 10.00 Å². The summed E-state index contributed by atoms with van der Waals surface area (Å²) in [6.07, 6.45) is 1.54. The summed E-state index contributed by atoms with van der Waals surface area (Å²) in [4.78, 5) is 11.4. The summed E-state index contributed by atoms with van der Waals surface area (Å²) in [5.74, 6) is -0.114. The summed E-state index contributed by atoms with van der Waals surface area (Å²) < 4.78 is 4.80. The number of benzene rings is 1. The van der Waals surface area contributed by atoms with E-state index in [9.17, 15) is 4.79 Å². The van der Waals surface area contributed by atoms with Crippen molar-refractivity contribution >= 4 is 12.0 Å². The monoisotopic (exact) mass is 243 g/mol. The lowest BCUT2D eigenvalue weighted by molar-refractivity contribution is -0.137. The van der Waals surface area contributed by atoms with E-state index in [0.29, 0.717) is 5.92 Å². The van der Waals surface area contributed by atoms with Crippen LogP contribution >= 0.6 is 0 Å². The van der Waals surface area contributed by atoms with Crippen LogP contribution in [0.2, 0.25) is 0 Å². The normalized spacial score (nSPS) is 11.2. The van der Waals surface area contributed by atoms with Crippen LogP contribution in [0.4, 0.5) is 0 Å². The van der Waals surface area contributed by atoms with Gasteiger partial charge in [-0.15, -0.1) is 0 Å². The molecule has 0 aliphatic rings. The zero-order valence-corrected chi connectivity index (χ0v) is 10.9. The van der Waals surface area contributed by atoms with E-state index in [2.05, 4.69) is 13.8 Å². The quantitative estimate of drug-likeness (QED) is 0.463. The lowest BCUT2D eigenvalue weighted by Crippen LogP contribution is -2.05. The van der Waals surface area contributed by atoms with Gasteiger partial charge in [-0.3, -0.25) is 0 Å². The third-order valence-electron chi connectivity index (χ3n) is 2.53. The molecule has 1 aromatic rings. The van der Waals surface area contributed by atoms with Gasteiger partial charge < -0.3 is 4.74 Å². The standard InChI is InChI=1S/C15H17NO2/c1-4-18-15(17)14(10-16)9-12-5-7-13(8-6-12)11(2)3/h5-9,11H,4H2,1-3H3/b14-9-. The van der Waals surface area contributed by atoms with Crippen molar-refractivity contribution in [1.29, 1.82) is 5.26 Å². The van der Waals surface area contributed by atoms with Crippen molar-refractivity contribution in [3.05, 3.63) is 41.0 Å². The van der Waals surface area contributed by atoms with Crippen molar-refractivity contribution < 1.29 is 9.53 Å². The molecule has 3 nitrogen and oxygen atoms in total. The Labute approximate surface area is 108 Å². The van der Waals surface area contributed by atoms with Gasteiger partial charge in [-0.2, -0.15) is 5.26 Å². The SMILES string of the molecule is CCOC(=O)/C(C#N)=C\c1ccc(C(C)C)cc1. The Morgan fingerprint density at radius 3 is 2.44 bits per heavy atom. The van der Waals surface area contributed by atoms with Gasteiger partial charge >= 0.3 is 5.97 Å². The molecule has 0 radical (unpaired) electrons. The number of hydrogen-bond acceptors (Lipinski definition) is 3. The topological polar surface area (TPSA) is 50.1 Å². The Morgan fingerprint density at radius 2 is 2.00 bits per heavy atom. The first-order valence-electron chi connectivity index (χ1n) is 5.97. The second kappa shape index (κ2) is 6.61. The first-order chi connectivity index (χ1) is 8.58. The van der Waals surface area contributed by atoms with Gasteiger partial charge in [0.2, 0.25) is 0 Å². The number of carbonyl (C=O) groups is 1. The molecule has 0 saturated heterocycles. The van der Waals surface area contributed by atoms with E-state index in [1.54, 1.807) is 13.0 Å². The second-order valence-electron chi connectivity index (χ2n) is 4.21. The molecule has 1 rings (SSSR count). The van der Waals surface area contributed by atoms with Gasteiger partial charge in [0.05, 0.1) is 6.61 Å². The molecule has 0 unspecified atom stereocenters. The maximum Gasteiger partial charge on any atom is 0.348 e. The van der Waals surface area contributed by atoms with Gasteiger partial charge in [0.1, 0.15) is 11.6 Å². The highest BCUT2D eigenvalue weighted by Crippen LogP contribution is 2.16. The van der Waals surface area contributed by atoms with Crippen LogP contribution in [-0.4, -0.2) is 12.6 Å². The first-order valence-corrected chi connectivity index (χ1v) is 5.97. The molecular formula is C15H17NO2. The molecule has 0 amide bonds. The maximum absolute atomic E-state index is 11.4. The first kappa shape index (κ1) is 14.0. The second-order valence-corrected chi connectivity index (χ2v) is 4.21. The van der Waals surface area contributed by atoms with Crippen LogP contribution in [0.25, 0.3) is 6.08 Å². The van der Waals surface area contributed by atoms with Crippen molar-refractivity contribution in [3.63, 3.8) is 0 Å². The van der Waals surface area contributed by atoms with E-state index >= 15 is 0 Å². The van der Waals surface area contributed by atoms with Crippen LogP contribution in [0.15, 0.2) is 29.8 Å². The summed E-state index contributed by atoms with van der Waals surface area (Å²) in [5.41, 5.74) is 2.07. The predicted octanol–water partition coefficient (Wildman–Crippen LogP) is 3.28. The van der Waals surface area contributed by atoms with Crippen molar-refractivity contribution in [1.82, 2.24) is 0 Å². The van der Waals surface area contributed by atoms with Crippen molar-refractivity contribution in [2.75, 3.05) is 6.61 Å². The average molecular weight is 243 g/mol. The zero-order valence-electron chi connectivity index (χ0n) is 10.9. The number of esters is 1. The number of carbonyl (C=O) groups excluding carboxylic acids is 1. The summed E-state index contributed by atoms with van der Waals surface area (Å²) in [6, 6.07) is 9.64. The minimum atomic E-state index is -0.576. The molecule has 0 spiro atoms. The fourth-order valence-electron chi connectivity index (χ4n) is 1.49. The molecule has 1 aromatic carbocycles. The van der Waals surface area contributed by atoms with Crippen molar-refractivity contribution in [3.8, 4) is 6.07 Å². The summed E-state index contributed by atoms with van der Waals surface area (Å²) in [6.45, 7) is 6.21. The Morgan fingerprint density at radius 1 is 1.39 bits per heavy atom. The van der Waals surface area contributed by atoms with Crippen LogP contribution in [0.1, 0.15) is 37.8 Å². The van der Waals surface area contributed by atoms with E-state index in [0.717, 1.165) is 5.56 Å². The highest BCUT2D eigenvalue weighted by molar-refractivity contribution is 5.97. The minimum absolute atomic E-state index is 0.0224. The fraction of sp³-hybridized carbons (Fsp3) is 0.333. The maximum atomic E-state index is 11.4. The van der Waals surface area contributed by atoms with Crippen LogP contribution < -0.4 is 0 Å². The molecule has 0 aromatic heterocycles. The molecule has 0 atom stereocenters. The van der Waals surface area contributed by atoms with Crippen molar-refractivity contribution in [2.24, 2.45) is 0 Å². The number of nitrogens with zero attached hydrogens (tertiary/aromatic N) is 1. The van der Waals surface area contributed by atoms with Gasteiger partial charge in [-0.05, 0) is 30.0 Å². The molecule has 3 heteroatoms. The molecule has 0 aliphatic heterocycles. The van der Waals surface area contributed by atoms with E-state index < -0.39 is 5.97 Å². The summed E-state index contributed by atoms with van der Waals surface area (Å²) >= 11 is 0.